The van der Waals surface area contributed by atoms with E-state index in [-0.39, 0.29) is 23.9 Å². The van der Waals surface area contributed by atoms with Crippen LogP contribution < -0.4 is 16.0 Å². The third-order valence-electron chi connectivity index (χ3n) is 6.68. The van der Waals surface area contributed by atoms with Crippen LogP contribution in [-0.2, 0) is 11.2 Å². The Bertz CT molecular complexity index is 1040. The second kappa shape index (κ2) is 12.6. The van der Waals surface area contributed by atoms with E-state index < -0.39 is 12.1 Å². The number of nitrogens with one attached hydrogen (secondary N) is 3. The number of hydrogen-bond donors (Lipinski definition) is 3. The van der Waals surface area contributed by atoms with Gasteiger partial charge in [0.25, 0.3) is 0 Å². The molecule has 1 saturated heterocycles. The van der Waals surface area contributed by atoms with Crippen LogP contribution in [0.4, 0.5) is 21.0 Å². The summed E-state index contributed by atoms with van der Waals surface area (Å²) in [5, 5.41) is 9.19. The molecule has 0 radical (unpaired) electrons. The Labute approximate surface area is 218 Å². The zero-order chi connectivity index (χ0) is 26.2. The molecule has 8 nitrogen and oxygen atoms in total. The molecule has 1 aliphatic heterocycles. The summed E-state index contributed by atoms with van der Waals surface area (Å²) in [6.07, 6.45) is 1.66. The topological polar surface area (TPSA) is 93.8 Å². The number of amides is 5. The van der Waals surface area contributed by atoms with E-state index in [0.29, 0.717) is 36.0 Å². The number of anilines is 2. The standard InChI is InChI=1S/C27H36ClN5O3/c1-5-18(3)24(31-26(35)29-22-11-7-20(6-2)8-12-22)25(34)32-15-16-33(19(4)17-32)27(36)30-23-13-9-21(28)10-14-23/h7-14,18-19,24H,5-6,15-17H2,1-4H3,(H,30,36)(H2,29,31,35). The molecule has 3 unspecified atom stereocenters. The van der Waals surface area contributed by atoms with Gasteiger partial charge in [-0.05, 0) is 61.2 Å². The summed E-state index contributed by atoms with van der Waals surface area (Å²) in [6, 6.07) is 13.1. The Hall–Kier alpha value is -3.26. The summed E-state index contributed by atoms with van der Waals surface area (Å²) in [6.45, 7) is 9.13. The van der Waals surface area contributed by atoms with E-state index in [2.05, 4.69) is 22.9 Å². The van der Waals surface area contributed by atoms with Crippen LogP contribution in [0.1, 0.15) is 39.7 Å². The molecule has 0 bridgehead atoms. The Morgan fingerprint density at radius 2 is 1.58 bits per heavy atom. The molecule has 1 aliphatic rings. The average Bonchev–Trinajstić information content (AvgIpc) is 2.88. The summed E-state index contributed by atoms with van der Waals surface area (Å²) >= 11 is 5.92. The molecule has 0 aromatic heterocycles. The highest BCUT2D eigenvalue weighted by Gasteiger charge is 2.35. The molecular weight excluding hydrogens is 478 g/mol. The fraction of sp³-hybridized carbons (Fsp3) is 0.444. The number of carbonyl (C=O) groups is 3. The predicted molar refractivity (Wildman–Crippen MR) is 144 cm³/mol. The fourth-order valence-corrected chi connectivity index (χ4v) is 4.33. The van der Waals surface area contributed by atoms with Crippen LogP contribution in [0.25, 0.3) is 0 Å². The van der Waals surface area contributed by atoms with Gasteiger partial charge in [0.2, 0.25) is 5.91 Å². The summed E-state index contributed by atoms with van der Waals surface area (Å²) < 4.78 is 0. The van der Waals surface area contributed by atoms with Gasteiger partial charge in [-0.25, -0.2) is 9.59 Å². The fourth-order valence-electron chi connectivity index (χ4n) is 4.20. The maximum absolute atomic E-state index is 13.5. The summed E-state index contributed by atoms with van der Waals surface area (Å²) in [5.74, 6) is -0.183. The number of urea groups is 2. The van der Waals surface area contributed by atoms with Crippen LogP contribution in [-0.4, -0.2) is 59.5 Å². The predicted octanol–water partition coefficient (Wildman–Crippen LogP) is 5.20. The average molecular weight is 514 g/mol. The molecular formula is C27H36ClN5O3. The van der Waals surface area contributed by atoms with Crippen molar-refractivity contribution in [1.29, 1.82) is 0 Å². The van der Waals surface area contributed by atoms with Gasteiger partial charge < -0.3 is 25.8 Å². The Balaban J connectivity index is 1.59. The van der Waals surface area contributed by atoms with E-state index in [9.17, 15) is 14.4 Å². The minimum atomic E-state index is -0.661. The van der Waals surface area contributed by atoms with Crippen LogP contribution >= 0.6 is 11.6 Å². The number of halogens is 1. The van der Waals surface area contributed by atoms with Crippen LogP contribution in [0.2, 0.25) is 5.02 Å². The first kappa shape index (κ1) is 27.3. The van der Waals surface area contributed by atoms with Crippen molar-refractivity contribution in [1.82, 2.24) is 15.1 Å². The Morgan fingerprint density at radius 3 is 2.17 bits per heavy atom. The number of benzene rings is 2. The second-order valence-corrected chi connectivity index (χ2v) is 9.71. The van der Waals surface area contributed by atoms with Crippen LogP contribution in [0.15, 0.2) is 48.5 Å². The highest BCUT2D eigenvalue weighted by Crippen LogP contribution is 2.19. The van der Waals surface area contributed by atoms with Crippen molar-refractivity contribution in [3.63, 3.8) is 0 Å². The number of aryl methyl sites for hydroxylation is 1. The highest BCUT2D eigenvalue weighted by atomic mass is 35.5. The van der Waals surface area contributed by atoms with Gasteiger partial charge in [0.15, 0.2) is 0 Å². The molecule has 3 atom stereocenters. The minimum Gasteiger partial charge on any atom is -0.337 e. The molecule has 1 fully saturated rings. The highest BCUT2D eigenvalue weighted by molar-refractivity contribution is 6.30. The van der Waals surface area contributed by atoms with Gasteiger partial charge in [-0.1, -0.05) is 50.9 Å². The van der Waals surface area contributed by atoms with Crippen LogP contribution in [0.3, 0.4) is 0 Å². The smallest absolute Gasteiger partial charge is 0.322 e. The number of hydrogen-bond acceptors (Lipinski definition) is 3. The lowest BCUT2D eigenvalue weighted by Crippen LogP contribution is -2.60. The quantitative estimate of drug-likeness (QED) is 0.474. The van der Waals surface area contributed by atoms with E-state index in [1.54, 1.807) is 34.1 Å². The van der Waals surface area contributed by atoms with Gasteiger partial charge in [-0.2, -0.15) is 0 Å². The van der Waals surface area contributed by atoms with Crippen molar-refractivity contribution in [2.75, 3.05) is 30.3 Å². The monoisotopic (exact) mass is 513 g/mol. The first-order valence-electron chi connectivity index (χ1n) is 12.5. The molecule has 5 amide bonds. The van der Waals surface area contributed by atoms with Gasteiger partial charge in [-0.3, -0.25) is 4.79 Å². The lowest BCUT2D eigenvalue weighted by Gasteiger charge is -2.41. The van der Waals surface area contributed by atoms with Crippen molar-refractivity contribution < 1.29 is 14.4 Å². The molecule has 9 heteroatoms. The summed E-state index contributed by atoms with van der Waals surface area (Å²) in [7, 11) is 0. The number of piperazine rings is 1. The van der Waals surface area contributed by atoms with E-state index >= 15 is 0 Å². The summed E-state index contributed by atoms with van der Waals surface area (Å²) in [5.41, 5.74) is 2.52. The van der Waals surface area contributed by atoms with Crippen LogP contribution in [0.5, 0.6) is 0 Å². The van der Waals surface area contributed by atoms with Crippen molar-refractivity contribution in [2.45, 2.75) is 52.6 Å². The number of nitrogens with zero attached hydrogens (tertiary/aromatic N) is 2. The maximum Gasteiger partial charge on any atom is 0.322 e. The molecule has 3 rings (SSSR count). The van der Waals surface area contributed by atoms with Gasteiger partial charge in [0.1, 0.15) is 6.04 Å². The minimum absolute atomic E-state index is 0.0488. The van der Waals surface area contributed by atoms with Gasteiger partial charge in [-0.15, -0.1) is 0 Å². The molecule has 0 spiro atoms. The molecule has 2 aromatic carbocycles. The second-order valence-electron chi connectivity index (χ2n) is 9.28. The van der Waals surface area contributed by atoms with Crippen molar-refractivity contribution in [3.05, 3.63) is 59.1 Å². The zero-order valence-electron chi connectivity index (χ0n) is 21.4. The number of rotatable bonds is 7. The molecule has 0 aliphatic carbocycles. The Morgan fingerprint density at radius 1 is 0.972 bits per heavy atom. The third kappa shape index (κ3) is 7.13. The summed E-state index contributed by atoms with van der Waals surface area (Å²) in [4.78, 5) is 42.4. The molecule has 3 N–H and O–H groups in total. The van der Waals surface area contributed by atoms with Crippen molar-refractivity contribution in [3.8, 4) is 0 Å². The maximum atomic E-state index is 13.5. The lowest BCUT2D eigenvalue weighted by molar-refractivity contribution is -0.136. The molecule has 36 heavy (non-hydrogen) atoms. The van der Waals surface area contributed by atoms with E-state index in [1.165, 1.54) is 5.56 Å². The van der Waals surface area contributed by atoms with Gasteiger partial charge in [0, 0.05) is 42.1 Å². The zero-order valence-corrected chi connectivity index (χ0v) is 22.1. The molecule has 0 saturated carbocycles. The number of carbonyl (C=O) groups excluding carboxylic acids is 3. The van der Waals surface area contributed by atoms with Gasteiger partial charge >= 0.3 is 12.1 Å². The first-order chi connectivity index (χ1) is 17.2. The SMILES string of the molecule is CCc1ccc(NC(=O)NC(C(=O)N2CCN(C(=O)Nc3ccc(Cl)cc3)C(C)C2)C(C)CC)cc1. The largest absolute Gasteiger partial charge is 0.337 e. The van der Waals surface area contributed by atoms with E-state index in [1.807, 2.05) is 45.0 Å². The van der Waals surface area contributed by atoms with Crippen molar-refractivity contribution >= 4 is 40.9 Å². The Kier molecular flexibility index (Phi) is 9.58. The molecule has 2 aromatic rings. The lowest BCUT2D eigenvalue weighted by atomic mass is 9.97. The van der Waals surface area contributed by atoms with Crippen LogP contribution in [0, 0.1) is 5.92 Å². The third-order valence-corrected chi connectivity index (χ3v) is 6.93. The van der Waals surface area contributed by atoms with E-state index in [4.69, 9.17) is 11.6 Å². The molecule has 194 valence electrons. The van der Waals surface area contributed by atoms with Gasteiger partial charge in [0.05, 0.1) is 0 Å². The first-order valence-corrected chi connectivity index (χ1v) is 12.9. The van der Waals surface area contributed by atoms with E-state index in [0.717, 1.165) is 12.8 Å². The molecule has 1 heterocycles. The van der Waals surface area contributed by atoms with Crippen molar-refractivity contribution in [2.24, 2.45) is 5.92 Å². The normalized spacial score (nSPS) is 17.2.